The molecular formula is C40H29N3. The minimum Gasteiger partial charge on any atom is -0.297 e. The number of fused-ring (bicyclic) bond motifs is 6. The van der Waals surface area contributed by atoms with Crippen LogP contribution in [0.4, 0.5) is 5.69 Å². The molecule has 0 saturated carbocycles. The second-order valence-electron chi connectivity index (χ2n) is 11.7. The Labute approximate surface area is 250 Å². The lowest BCUT2D eigenvalue weighted by atomic mass is 9.81. The van der Waals surface area contributed by atoms with Gasteiger partial charge in [0.2, 0.25) is 0 Å². The predicted octanol–water partition coefficient (Wildman–Crippen LogP) is 9.94. The minimum atomic E-state index is 0.105. The summed E-state index contributed by atoms with van der Waals surface area (Å²) in [6, 6.07) is 43.7. The molecule has 6 aromatic rings. The summed E-state index contributed by atoms with van der Waals surface area (Å²) < 4.78 is 2.42. The number of allylic oxidation sites excluding steroid dienone is 3. The summed E-state index contributed by atoms with van der Waals surface area (Å²) in [4.78, 5) is 10.7. The van der Waals surface area contributed by atoms with Crippen LogP contribution in [0, 0.1) is 5.92 Å². The van der Waals surface area contributed by atoms with Crippen LogP contribution in [-0.4, -0.2) is 16.1 Å². The van der Waals surface area contributed by atoms with E-state index in [-0.39, 0.29) is 5.92 Å². The molecule has 0 saturated heterocycles. The van der Waals surface area contributed by atoms with Gasteiger partial charge in [-0.1, -0.05) is 109 Å². The van der Waals surface area contributed by atoms with Gasteiger partial charge in [0.1, 0.15) is 5.84 Å². The minimum absolute atomic E-state index is 0.105. The fourth-order valence-electron chi connectivity index (χ4n) is 7.11. The van der Waals surface area contributed by atoms with Crippen LogP contribution in [0.15, 0.2) is 155 Å². The molecule has 2 aliphatic heterocycles. The second-order valence-corrected chi connectivity index (χ2v) is 11.7. The van der Waals surface area contributed by atoms with Gasteiger partial charge in [0.05, 0.1) is 34.0 Å². The van der Waals surface area contributed by atoms with Crippen molar-refractivity contribution < 1.29 is 0 Å². The molecule has 0 radical (unpaired) electrons. The Kier molecular flexibility index (Phi) is 5.45. The van der Waals surface area contributed by atoms with Gasteiger partial charge in [-0.3, -0.25) is 9.56 Å². The largest absolute Gasteiger partial charge is 0.297 e. The van der Waals surface area contributed by atoms with E-state index in [4.69, 9.17) is 9.98 Å². The number of aliphatic imine (C=N–C) groups is 2. The average molecular weight is 552 g/mol. The quantitative estimate of drug-likeness (QED) is 0.205. The molecule has 1 aliphatic carbocycles. The van der Waals surface area contributed by atoms with Gasteiger partial charge in [-0.2, -0.15) is 0 Å². The molecular weight excluding hydrogens is 522 g/mol. The highest BCUT2D eigenvalue weighted by molar-refractivity contribution is 6.24. The Bertz CT molecular complexity index is 2190. The zero-order valence-corrected chi connectivity index (χ0v) is 23.7. The van der Waals surface area contributed by atoms with Crippen molar-refractivity contribution in [1.29, 1.82) is 0 Å². The van der Waals surface area contributed by atoms with E-state index in [1.54, 1.807) is 0 Å². The van der Waals surface area contributed by atoms with E-state index < -0.39 is 0 Å². The molecule has 3 heteroatoms. The third kappa shape index (κ3) is 3.89. The SMILES string of the molecule is C1=CC2=C(CC1)C1=Nc3ccccc3CC1C(n1c3ccccc3c3ccc(-c4ccc(-c5ccccc5)cc4)cc31)=N2. The number of aromatic nitrogens is 1. The molecule has 1 unspecified atom stereocenters. The first-order valence-corrected chi connectivity index (χ1v) is 15.2. The van der Waals surface area contributed by atoms with Crippen LogP contribution < -0.4 is 0 Å². The number of nitrogens with zero attached hydrogens (tertiary/aromatic N) is 3. The molecule has 3 aliphatic rings. The molecule has 0 fully saturated rings. The summed E-state index contributed by atoms with van der Waals surface area (Å²) >= 11 is 0. The van der Waals surface area contributed by atoms with Gasteiger partial charge in [-0.05, 0) is 71.4 Å². The van der Waals surface area contributed by atoms with Crippen molar-refractivity contribution in [2.45, 2.75) is 19.3 Å². The highest BCUT2D eigenvalue weighted by Gasteiger charge is 2.36. The van der Waals surface area contributed by atoms with Crippen LogP contribution in [0.2, 0.25) is 0 Å². The summed E-state index contributed by atoms with van der Waals surface area (Å²) in [6.45, 7) is 0. The number of rotatable bonds is 2. The zero-order chi connectivity index (χ0) is 28.3. The summed E-state index contributed by atoms with van der Waals surface area (Å²) in [5.74, 6) is 1.18. The van der Waals surface area contributed by atoms with E-state index in [0.29, 0.717) is 0 Å². The summed E-state index contributed by atoms with van der Waals surface area (Å²) in [6.07, 6.45) is 7.39. The number of para-hydroxylation sites is 2. The molecule has 0 amide bonds. The first-order chi connectivity index (χ1) is 21.3. The smallest absolute Gasteiger partial charge is 0.123 e. The van der Waals surface area contributed by atoms with Gasteiger partial charge in [0, 0.05) is 16.3 Å². The Morgan fingerprint density at radius 3 is 2.19 bits per heavy atom. The van der Waals surface area contributed by atoms with Gasteiger partial charge in [-0.25, -0.2) is 4.99 Å². The molecule has 3 nitrogen and oxygen atoms in total. The summed E-state index contributed by atoms with van der Waals surface area (Å²) in [5, 5.41) is 2.50. The summed E-state index contributed by atoms with van der Waals surface area (Å²) in [7, 11) is 0. The maximum Gasteiger partial charge on any atom is 0.123 e. The number of hydrogen-bond acceptors (Lipinski definition) is 2. The van der Waals surface area contributed by atoms with Gasteiger partial charge in [-0.15, -0.1) is 0 Å². The Morgan fingerprint density at radius 1 is 0.605 bits per heavy atom. The number of hydrogen-bond donors (Lipinski definition) is 0. The standard InChI is InChI=1S/C40H29N3/c1-2-10-26(11-3-1)27-18-20-28(21-19-27)29-22-23-32-31-13-6-9-17-37(31)43(38(32)25-29)40-34-24-30-12-4-7-15-35(30)41-39(34)33-14-5-8-16-36(33)42-40/h1-4,6-13,15-23,25,34H,5,14,24H2. The van der Waals surface area contributed by atoms with E-state index >= 15 is 0 Å². The first kappa shape index (κ1) is 24.3. The second kappa shape index (κ2) is 9.64. The molecule has 1 aromatic heterocycles. The van der Waals surface area contributed by atoms with E-state index in [9.17, 15) is 0 Å². The van der Waals surface area contributed by atoms with Crippen molar-refractivity contribution in [2.75, 3.05) is 0 Å². The highest BCUT2D eigenvalue weighted by atomic mass is 15.1. The van der Waals surface area contributed by atoms with E-state index in [0.717, 1.165) is 36.5 Å². The lowest BCUT2D eigenvalue weighted by molar-refractivity contribution is 0.810. The average Bonchev–Trinajstić information content (AvgIpc) is 3.41. The van der Waals surface area contributed by atoms with Crippen molar-refractivity contribution in [3.63, 3.8) is 0 Å². The predicted molar refractivity (Wildman–Crippen MR) is 179 cm³/mol. The van der Waals surface area contributed by atoms with Crippen molar-refractivity contribution in [3.8, 4) is 22.3 Å². The molecule has 204 valence electrons. The van der Waals surface area contributed by atoms with Gasteiger partial charge in [0.15, 0.2) is 0 Å². The van der Waals surface area contributed by atoms with Crippen LogP contribution in [0.5, 0.6) is 0 Å². The maximum atomic E-state index is 5.44. The number of benzene rings is 5. The van der Waals surface area contributed by atoms with Crippen LogP contribution >= 0.6 is 0 Å². The molecule has 5 aromatic carbocycles. The Hall–Kier alpha value is -5.28. The molecule has 3 heterocycles. The van der Waals surface area contributed by atoms with E-state index in [1.165, 1.54) is 60.9 Å². The molecule has 9 rings (SSSR count). The van der Waals surface area contributed by atoms with Crippen molar-refractivity contribution in [3.05, 3.63) is 150 Å². The molecule has 43 heavy (non-hydrogen) atoms. The highest BCUT2D eigenvalue weighted by Crippen LogP contribution is 2.41. The van der Waals surface area contributed by atoms with Crippen LogP contribution in [0.25, 0.3) is 44.1 Å². The third-order valence-corrected chi connectivity index (χ3v) is 9.22. The zero-order valence-electron chi connectivity index (χ0n) is 23.7. The topological polar surface area (TPSA) is 29.6 Å². The lowest BCUT2D eigenvalue weighted by Gasteiger charge is -2.33. The van der Waals surface area contributed by atoms with E-state index in [2.05, 4.69) is 138 Å². The van der Waals surface area contributed by atoms with Crippen molar-refractivity contribution in [1.82, 2.24) is 4.57 Å². The Morgan fingerprint density at radius 2 is 1.30 bits per heavy atom. The molecule has 0 spiro atoms. The van der Waals surface area contributed by atoms with E-state index in [1.807, 2.05) is 0 Å². The van der Waals surface area contributed by atoms with Crippen molar-refractivity contribution in [2.24, 2.45) is 15.9 Å². The third-order valence-electron chi connectivity index (χ3n) is 9.22. The van der Waals surface area contributed by atoms with Crippen LogP contribution in [0.1, 0.15) is 18.4 Å². The Balaban J connectivity index is 1.24. The maximum absolute atomic E-state index is 5.44. The first-order valence-electron chi connectivity index (χ1n) is 15.2. The summed E-state index contributed by atoms with van der Waals surface area (Å²) in [5.41, 5.74) is 13.2. The lowest BCUT2D eigenvalue weighted by Crippen LogP contribution is -2.37. The van der Waals surface area contributed by atoms with Gasteiger partial charge < -0.3 is 0 Å². The van der Waals surface area contributed by atoms with Crippen LogP contribution in [0.3, 0.4) is 0 Å². The molecule has 1 atom stereocenters. The van der Waals surface area contributed by atoms with Crippen molar-refractivity contribution >= 4 is 39.0 Å². The fourth-order valence-corrected chi connectivity index (χ4v) is 7.11. The van der Waals surface area contributed by atoms with Crippen LogP contribution in [-0.2, 0) is 6.42 Å². The van der Waals surface area contributed by atoms with Gasteiger partial charge in [0.25, 0.3) is 0 Å². The molecule has 0 bridgehead atoms. The van der Waals surface area contributed by atoms with Gasteiger partial charge >= 0.3 is 0 Å². The normalized spacial score (nSPS) is 17.3. The fraction of sp³-hybridized carbons (Fsp3) is 0.100. The molecule has 0 N–H and O–H groups in total. The monoisotopic (exact) mass is 551 g/mol.